The smallest absolute Gasteiger partial charge is 0.315 e. The highest BCUT2D eigenvalue weighted by atomic mass is 16.3. The number of carbonyl (C=O) groups is 1. The van der Waals surface area contributed by atoms with Crippen LogP contribution in [0, 0.1) is 0 Å². The number of aliphatic hydroxyl groups excluding tert-OH is 1. The van der Waals surface area contributed by atoms with Crippen molar-refractivity contribution < 1.29 is 9.90 Å². The fourth-order valence-electron chi connectivity index (χ4n) is 0.576. The third-order valence-electron chi connectivity index (χ3n) is 1.77. The Hall–Kier alpha value is -0.770. The number of aliphatic hydroxyl groups is 1. The van der Waals surface area contributed by atoms with Gasteiger partial charge in [0, 0.05) is 7.05 Å². The van der Waals surface area contributed by atoms with Crippen molar-refractivity contribution in [3.05, 3.63) is 0 Å². The first-order valence-electron chi connectivity index (χ1n) is 3.68. The molecular formula is C7H16N2O2. The van der Waals surface area contributed by atoms with Crippen LogP contribution in [0.25, 0.3) is 0 Å². The average Bonchev–Trinajstić information content (AvgIpc) is 2.04. The van der Waals surface area contributed by atoms with Gasteiger partial charge >= 0.3 is 6.03 Å². The summed E-state index contributed by atoms with van der Waals surface area (Å²) in [4.78, 5) is 10.8. The molecule has 0 radical (unpaired) electrons. The van der Waals surface area contributed by atoms with Gasteiger partial charge in [0.25, 0.3) is 0 Å². The maximum absolute atomic E-state index is 10.8. The molecule has 11 heavy (non-hydrogen) atoms. The van der Waals surface area contributed by atoms with Crippen LogP contribution in [-0.2, 0) is 0 Å². The number of hydrogen-bond acceptors (Lipinski definition) is 2. The second-order valence-electron chi connectivity index (χ2n) is 2.78. The van der Waals surface area contributed by atoms with Crippen molar-refractivity contribution in [3.63, 3.8) is 0 Å². The van der Waals surface area contributed by atoms with E-state index >= 15 is 0 Å². The third-order valence-corrected chi connectivity index (χ3v) is 1.77. The van der Waals surface area contributed by atoms with Gasteiger partial charge in [-0.1, -0.05) is 6.92 Å². The number of amides is 2. The molecule has 0 aliphatic heterocycles. The van der Waals surface area contributed by atoms with Crippen LogP contribution in [0.15, 0.2) is 0 Å². The number of hydrogen-bond donors (Lipinski definition) is 3. The Morgan fingerprint density at radius 1 is 1.64 bits per heavy atom. The van der Waals surface area contributed by atoms with E-state index in [0.29, 0.717) is 6.42 Å². The Balaban J connectivity index is 3.96. The Morgan fingerprint density at radius 3 is 2.45 bits per heavy atom. The molecule has 0 saturated carbocycles. The van der Waals surface area contributed by atoms with Gasteiger partial charge < -0.3 is 15.7 Å². The molecule has 0 aliphatic carbocycles. The molecule has 0 aromatic carbocycles. The monoisotopic (exact) mass is 160 g/mol. The van der Waals surface area contributed by atoms with Gasteiger partial charge in [-0.05, 0) is 13.3 Å². The van der Waals surface area contributed by atoms with Gasteiger partial charge in [-0.25, -0.2) is 4.79 Å². The summed E-state index contributed by atoms with van der Waals surface area (Å²) in [6, 6.07) is -0.261. The minimum absolute atomic E-state index is 0.0447. The topological polar surface area (TPSA) is 61.4 Å². The van der Waals surface area contributed by atoms with E-state index in [1.165, 1.54) is 0 Å². The van der Waals surface area contributed by atoms with Gasteiger partial charge in [0.05, 0.1) is 12.1 Å². The SMILES string of the molecule is CCC(C)(CO)NC(=O)NC. The maximum Gasteiger partial charge on any atom is 0.315 e. The largest absolute Gasteiger partial charge is 0.394 e. The molecule has 4 heteroatoms. The molecule has 1 atom stereocenters. The first-order valence-corrected chi connectivity index (χ1v) is 3.68. The van der Waals surface area contributed by atoms with Crippen LogP contribution in [-0.4, -0.2) is 30.3 Å². The van der Waals surface area contributed by atoms with Crippen molar-refractivity contribution in [3.8, 4) is 0 Å². The molecule has 0 saturated heterocycles. The highest BCUT2D eigenvalue weighted by Gasteiger charge is 2.22. The Morgan fingerprint density at radius 2 is 2.18 bits per heavy atom. The molecule has 1 unspecified atom stereocenters. The minimum atomic E-state index is -0.500. The van der Waals surface area contributed by atoms with E-state index in [9.17, 15) is 4.79 Å². The van der Waals surface area contributed by atoms with E-state index in [1.807, 2.05) is 6.92 Å². The van der Waals surface area contributed by atoms with Gasteiger partial charge in [-0.15, -0.1) is 0 Å². The van der Waals surface area contributed by atoms with Crippen LogP contribution in [0.4, 0.5) is 4.79 Å². The average molecular weight is 160 g/mol. The molecular weight excluding hydrogens is 144 g/mol. The molecule has 2 amide bonds. The normalized spacial score (nSPS) is 15.3. The summed E-state index contributed by atoms with van der Waals surface area (Å²) in [5.74, 6) is 0. The van der Waals surface area contributed by atoms with E-state index in [1.54, 1.807) is 14.0 Å². The second-order valence-corrected chi connectivity index (χ2v) is 2.78. The lowest BCUT2D eigenvalue weighted by Crippen LogP contribution is -2.51. The van der Waals surface area contributed by atoms with Crippen LogP contribution in [0.5, 0.6) is 0 Å². The lowest BCUT2D eigenvalue weighted by molar-refractivity contribution is 0.168. The van der Waals surface area contributed by atoms with Gasteiger partial charge in [-0.2, -0.15) is 0 Å². The number of rotatable bonds is 3. The van der Waals surface area contributed by atoms with Crippen LogP contribution in [0.3, 0.4) is 0 Å². The Bertz CT molecular complexity index is 132. The zero-order valence-electron chi connectivity index (χ0n) is 7.27. The molecule has 0 bridgehead atoms. The minimum Gasteiger partial charge on any atom is -0.394 e. The molecule has 0 rings (SSSR count). The summed E-state index contributed by atoms with van der Waals surface area (Å²) < 4.78 is 0. The maximum atomic E-state index is 10.8. The van der Waals surface area contributed by atoms with Gasteiger partial charge in [0.1, 0.15) is 0 Å². The van der Waals surface area contributed by atoms with Crippen molar-refractivity contribution in [2.24, 2.45) is 0 Å². The van der Waals surface area contributed by atoms with Crippen molar-refractivity contribution in [1.82, 2.24) is 10.6 Å². The molecule has 0 heterocycles. The third kappa shape index (κ3) is 3.23. The first kappa shape index (κ1) is 10.2. The van der Waals surface area contributed by atoms with Gasteiger partial charge in [-0.3, -0.25) is 0 Å². The quantitative estimate of drug-likeness (QED) is 0.547. The molecule has 66 valence electrons. The Kier molecular flexibility index (Phi) is 3.89. The van der Waals surface area contributed by atoms with E-state index < -0.39 is 5.54 Å². The van der Waals surface area contributed by atoms with E-state index in [-0.39, 0.29) is 12.6 Å². The summed E-state index contributed by atoms with van der Waals surface area (Å²) in [6.07, 6.45) is 0.705. The summed E-state index contributed by atoms with van der Waals surface area (Å²) in [5.41, 5.74) is -0.500. The molecule has 4 nitrogen and oxygen atoms in total. The molecule has 0 spiro atoms. The number of urea groups is 1. The summed E-state index contributed by atoms with van der Waals surface area (Å²) in [7, 11) is 1.54. The van der Waals surface area contributed by atoms with Crippen LogP contribution in [0.1, 0.15) is 20.3 Å². The lowest BCUT2D eigenvalue weighted by Gasteiger charge is -2.26. The molecule has 3 N–H and O–H groups in total. The predicted molar refractivity (Wildman–Crippen MR) is 43.4 cm³/mol. The lowest BCUT2D eigenvalue weighted by atomic mass is 10.0. The Labute approximate surface area is 67.0 Å². The zero-order chi connectivity index (χ0) is 8.91. The van der Waals surface area contributed by atoms with Gasteiger partial charge in [0.15, 0.2) is 0 Å². The highest BCUT2D eigenvalue weighted by molar-refractivity contribution is 5.74. The molecule has 0 aliphatic rings. The van der Waals surface area contributed by atoms with Crippen molar-refractivity contribution >= 4 is 6.03 Å². The van der Waals surface area contributed by atoms with E-state index in [2.05, 4.69) is 10.6 Å². The van der Waals surface area contributed by atoms with Gasteiger partial charge in [0.2, 0.25) is 0 Å². The highest BCUT2D eigenvalue weighted by Crippen LogP contribution is 2.06. The zero-order valence-corrected chi connectivity index (χ0v) is 7.27. The fourth-order valence-corrected chi connectivity index (χ4v) is 0.576. The summed E-state index contributed by atoms with van der Waals surface area (Å²) >= 11 is 0. The number of nitrogens with one attached hydrogen (secondary N) is 2. The fraction of sp³-hybridized carbons (Fsp3) is 0.857. The van der Waals surface area contributed by atoms with E-state index in [4.69, 9.17) is 5.11 Å². The standard InChI is InChI=1S/C7H16N2O2/c1-4-7(2,5-10)9-6(11)8-3/h10H,4-5H2,1-3H3,(H2,8,9,11). The molecule has 0 fully saturated rings. The summed E-state index contributed by atoms with van der Waals surface area (Å²) in [6.45, 7) is 3.66. The summed E-state index contributed by atoms with van der Waals surface area (Å²) in [5, 5.41) is 14.0. The first-order chi connectivity index (χ1) is 5.08. The number of carbonyl (C=O) groups excluding carboxylic acids is 1. The van der Waals surface area contributed by atoms with Crippen LogP contribution >= 0.6 is 0 Å². The van der Waals surface area contributed by atoms with Crippen molar-refractivity contribution in [1.29, 1.82) is 0 Å². The van der Waals surface area contributed by atoms with Crippen molar-refractivity contribution in [2.75, 3.05) is 13.7 Å². The molecule has 0 aromatic rings. The predicted octanol–water partition coefficient (Wildman–Crippen LogP) is 0.0764. The molecule has 0 aromatic heterocycles. The second kappa shape index (κ2) is 4.18. The van der Waals surface area contributed by atoms with E-state index in [0.717, 1.165) is 0 Å². The van der Waals surface area contributed by atoms with Crippen molar-refractivity contribution in [2.45, 2.75) is 25.8 Å². The van der Waals surface area contributed by atoms with Crippen LogP contribution in [0.2, 0.25) is 0 Å². The van der Waals surface area contributed by atoms with Crippen LogP contribution < -0.4 is 10.6 Å².